The van der Waals surface area contributed by atoms with E-state index in [2.05, 4.69) is 39.8 Å². The third-order valence-corrected chi connectivity index (χ3v) is 5.88. The number of carbonyl (C=O) groups excluding carboxylic acids is 2. The van der Waals surface area contributed by atoms with E-state index in [1.807, 2.05) is 17.5 Å². The van der Waals surface area contributed by atoms with Crippen molar-refractivity contribution in [2.75, 3.05) is 18.4 Å². The minimum atomic E-state index is -0.137. The van der Waals surface area contributed by atoms with Crippen molar-refractivity contribution in [2.45, 2.75) is 19.0 Å². The van der Waals surface area contributed by atoms with Crippen LogP contribution in [-0.4, -0.2) is 35.8 Å². The summed E-state index contributed by atoms with van der Waals surface area (Å²) in [5.41, 5.74) is 2.56. The van der Waals surface area contributed by atoms with Crippen molar-refractivity contribution in [1.82, 2.24) is 10.2 Å². The summed E-state index contributed by atoms with van der Waals surface area (Å²) >= 11 is 1.40. The van der Waals surface area contributed by atoms with E-state index in [1.165, 1.54) is 16.9 Å². The normalized spacial score (nSPS) is 16.5. The maximum absolute atomic E-state index is 12.6. The van der Waals surface area contributed by atoms with E-state index in [-0.39, 0.29) is 17.9 Å². The molecule has 2 N–H and O–H groups in total. The van der Waals surface area contributed by atoms with E-state index in [0.717, 1.165) is 26.1 Å². The Morgan fingerprint density at radius 2 is 1.76 bits per heavy atom. The minimum Gasteiger partial charge on any atom is -0.348 e. The van der Waals surface area contributed by atoms with Gasteiger partial charge in [0.2, 0.25) is 0 Å². The highest BCUT2D eigenvalue weighted by Crippen LogP contribution is 2.16. The molecule has 3 aromatic rings. The Bertz CT molecular complexity index is 956. The van der Waals surface area contributed by atoms with E-state index >= 15 is 0 Å². The van der Waals surface area contributed by atoms with Crippen LogP contribution in [0.15, 0.2) is 72.1 Å². The molecule has 6 heteroatoms. The summed E-state index contributed by atoms with van der Waals surface area (Å²) in [5.74, 6) is -0.214. The lowest BCUT2D eigenvalue weighted by molar-refractivity contribution is 0.0937. The van der Waals surface area contributed by atoms with Crippen LogP contribution in [0.4, 0.5) is 5.69 Å². The molecule has 0 radical (unpaired) electrons. The fraction of sp³-hybridized carbons (Fsp3) is 0.217. The van der Waals surface area contributed by atoms with Gasteiger partial charge in [0, 0.05) is 36.9 Å². The van der Waals surface area contributed by atoms with Crippen LogP contribution in [-0.2, 0) is 6.54 Å². The summed E-state index contributed by atoms with van der Waals surface area (Å²) in [4.78, 5) is 27.7. The molecule has 4 rings (SSSR count). The molecule has 0 unspecified atom stereocenters. The van der Waals surface area contributed by atoms with E-state index in [0.29, 0.717) is 16.1 Å². The van der Waals surface area contributed by atoms with E-state index in [1.54, 1.807) is 30.3 Å². The third-order valence-electron chi connectivity index (χ3n) is 5.01. The number of thiophene rings is 1. The molecule has 5 nitrogen and oxygen atoms in total. The monoisotopic (exact) mass is 405 g/mol. The van der Waals surface area contributed by atoms with Gasteiger partial charge < -0.3 is 10.6 Å². The lowest BCUT2D eigenvalue weighted by Crippen LogP contribution is -2.36. The second kappa shape index (κ2) is 9.03. The van der Waals surface area contributed by atoms with Crippen LogP contribution in [0, 0.1) is 0 Å². The van der Waals surface area contributed by atoms with Gasteiger partial charge in [-0.05, 0) is 47.7 Å². The highest BCUT2D eigenvalue weighted by atomic mass is 32.1. The minimum absolute atomic E-state index is 0.0762. The number of nitrogens with zero attached hydrogens (tertiary/aromatic N) is 1. The molecule has 0 bridgehead atoms. The van der Waals surface area contributed by atoms with Crippen LogP contribution >= 0.6 is 11.3 Å². The van der Waals surface area contributed by atoms with Crippen LogP contribution in [0.2, 0.25) is 0 Å². The molecular weight excluding hydrogens is 382 g/mol. The Morgan fingerprint density at radius 3 is 2.48 bits per heavy atom. The van der Waals surface area contributed by atoms with Crippen LogP contribution < -0.4 is 10.6 Å². The molecule has 1 fully saturated rings. The van der Waals surface area contributed by atoms with Crippen molar-refractivity contribution >= 4 is 28.8 Å². The van der Waals surface area contributed by atoms with Gasteiger partial charge in [0.05, 0.1) is 4.88 Å². The molecule has 1 aromatic heterocycles. The molecule has 1 atom stereocenters. The van der Waals surface area contributed by atoms with Gasteiger partial charge in [-0.3, -0.25) is 14.5 Å². The van der Waals surface area contributed by atoms with Gasteiger partial charge >= 0.3 is 0 Å². The van der Waals surface area contributed by atoms with Gasteiger partial charge in [0.25, 0.3) is 11.8 Å². The first kappa shape index (κ1) is 19.4. The van der Waals surface area contributed by atoms with Gasteiger partial charge in [-0.1, -0.05) is 36.4 Å². The highest BCUT2D eigenvalue weighted by molar-refractivity contribution is 7.12. The molecule has 1 saturated heterocycles. The van der Waals surface area contributed by atoms with E-state index in [9.17, 15) is 9.59 Å². The first-order valence-electron chi connectivity index (χ1n) is 9.69. The number of benzene rings is 2. The van der Waals surface area contributed by atoms with Crippen LogP contribution in [0.3, 0.4) is 0 Å². The van der Waals surface area contributed by atoms with Crippen molar-refractivity contribution in [3.8, 4) is 0 Å². The molecule has 2 amide bonds. The summed E-state index contributed by atoms with van der Waals surface area (Å²) in [6, 6.07) is 21.2. The maximum atomic E-state index is 12.6. The van der Waals surface area contributed by atoms with E-state index < -0.39 is 0 Å². The number of hydrogen-bond donors (Lipinski definition) is 2. The number of amides is 2. The summed E-state index contributed by atoms with van der Waals surface area (Å²) in [6.45, 7) is 2.75. The Labute approximate surface area is 174 Å². The topological polar surface area (TPSA) is 61.4 Å². The molecule has 0 saturated carbocycles. The van der Waals surface area contributed by atoms with Crippen molar-refractivity contribution in [3.05, 3.63) is 88.1 Å². The second-order valence-electron chi connectivity index (χ2n) is 7.19. The fourth-order valence-electron chi connectivity index (χ4n) is 3.51. The first-order chi connectivity index (χ1) is 14.2. The third kappa shape index (κ3) is 5.10. The molecule has 1 aliphatic rings. The summed E-state index contributed by atoms with van der Waals surface area (Å²) in [5, 5.41) is 7.84. The maximum Gasteiger partial charge on any atom is 0.265 e. The predicted molar refractivity (Wildman–Crippen MR) is 116 cm³/mol. The number of nitrogens with one attached hydrogen (secondary N) is 2. The molecule has 29 heavy (non-hydrogen) atoms. The molecule has 148 valence electrons. The Morgan fingerprint density at radius 1 is 0.966 bits per heavy atom. The standard InChI is InChI=1S/C23H23N3O2S/c27-22(25-20-12-13-26(16-20)15-17-5-2-1-3-6-17)18-8-10-19(11-9-18)24-23(28)21-7-4-14-29-21/h1-11,14,20H,12-13,15-16H2,(H,24,28)(H,25,27)/t20-/m0/s1. The number of carbonyl (C=O) groups is 2. The van der Waals surface area contributed by atoms with Crippen molar-refractivity contribution in [1.29, 1.82) is 0 Å². The molecule has 2 heterocycles. The SMILES string of the molecule is O=C(N[C@H]1CCN(Cc2ccccc2)C1)c1ccc(NC(=O)c2cccs2)cc1. The fourth-order valence-corrected chi connectivity index (χ4v) is 4.13. The quantitative estimate of drug-likeness (QED) is 0.652. The van der Waals surface area contributed by atoms with Crippen molar-refractivity contribution in [3.63, 3.8) is 0 Å². The van der Waals surface area contributed by atoms with Crippen molar-refractivity contribution < 1.29 is 9.59 Å². The molecule has 2 aromatic carbocycles. The Kier molecular flexibility index (Phi) is 6.03. The summed E-state index contributed by atoms with van der Waals surface area (Å²) in [7, 11) is 0. The second-order valence-corrected chi connectivity index (χ2v) is 8.14. The molecule has 0 spiro atoms. The van der Waals surface area contributed by atoms with Crippen molar-refractivity contribution in [2.24, 2.45) is 0 Å². The summed E-state index contributed by atoms with van der Waals surface area (Å²) < 4.78 is 0. The number of anilines is 1. The van der Waals surface area contributed by atoms with Gasteiger partial charge in [-0.15, -0.1) is 11.3 Å². The Hall–Kier alpha value is -2.96. The zero-order valence-corrected chi connectivity index (χ0v) is 16.8. The van der Waals surface area contributed by atoms with Gasteiger partial charge in [0.1, 0.15) is 0 Å². The smallest absolute Gasteiger partial charge is 0.265 e. The van der Waals surface area contributed by atoms with Crippen LogP contribution in [0.5, 0.6) is 0 Å². The number of rotatable bonds is 6. The van der Waals surface area contributed by atoms with E-state index in [4.69, 9.17) is 0 Å². The largest absolute Gasteiger partial charge is 0.348 e. The first-order valence-corrected chi connectivity index (χ1v) is 10.6. The van der Waals surface area contributed by atoms with Gasteiger partial charge in [-0.2, -0.15) is 0 Å². The Balaban J connectivity index is 1.28. The van der Waals surface area contributed by atoms with Gasteiger partial charge in [-0.25, -0.2) is 0 Å². The molecule has 0 aliphatic carbocycles. The number of hydrogen-bond acceptors (Lipinski definition) is 4. The predicted octanol–water partition coefficient (Wildman–Crippen LogP) is 4.00. The summed E-state index contributed by atoms with van der Waals surface area (Å²) in [6.07, 6.45) is 0.952. The zero-order chi connectivity index (χ0) is 20.1. The van der Waals surface area contributed by atoms with Crippen LogP contribution in [0.25, 0.3) is 0 Å². The average molecular weight is 406 g/mol. The number of likely N-dealkylation sites (tertiary alicyclic amines) is 1. The van der Waals surface area contributed by atoms with Gasteiger partial charge in [0.15, 0.2) is 0 Å². The lowest BCUT2D eigenvalue weighted by Gasteiger charge is -2.17. The molecule has 1 aliphatic heterocycles. The molecular formula is C23H23N3O2S. The average Bonchev–Trinajstić information content (AvgIpc) is 3.42. The lowest BCUT2D eigenvalue weighted by atomic mass is 10.1. The zero-order valence-electron chi connectivity index (χ0n) is 16.0. The van der Waals surface area contributed by atoms with Crippen LogP contribution in [0.1, 0.15) is 32.0 Å². The highest BCUT2D eigenvalue weighted by Gasteiger charge is 2.24.